The molecule has 11 nitrogen and oxygen atoms in total. The first kappa shape index (κ1) is 19.0. The first-order chi connectivity index (χ1) is 15.7. The summed E-state index contributed by atoms with van der Waals surface area (Å²) in [5.41, 5.74) is 1.49. The van der Waals surface area contributed by atoms with E-state index in [1.807, 2.05) is 12.1 Å². The highest BCUT2D eigenvalue weighted by Gasteiger charge is 2.21. The molecule has 6 rings (SSSR count). The number of hydrogen-bond acceptors (Lipinski definition) is 9. The molecule has 0 bridgehead atoms. The van der Waals surface area contributed by atoms with Crippen LogP contribution in [0.15, 0.2) is 29.3 Å². The number of amides is 1. The largest absolute Gasteiger partial charge is 0.454 e. The zero-order valence-corrected chi connectivity index (χ0v) is 17.8. The van der Waals surface area contributed by atoms with Crippen molar-refractivity contribution in [3.63, 3.8) is 0 Å². The molecule has 0 radical (unpaired) electrons. The van der Waals surface area contributed by atoms with Crippen molar-refractivity contribution in [1.29, 1.82) is 0 Å². The van der Waals surface area contributed by atoms with Gasteiger partial charge in [0.1, 0.15) is 17.6 Å². The molecule has 1 amide bonds. The Morgan fingerprint density at radius 2 is 2.03 bits per heavy atom. The summed E-state index contributed by atoms with van der Waals surface area (Å²) >= 11 is 1.48. The van der Waals surface area contributed by atoms with E-state index in [4.69, 9.17) is 9.47 Å². The topological polar surface area (TPSA) is 116 Å². The lowest BCUT2D eigenvalue weighted by Gasteiger charge is -2.11. The summed E-state index contributed by atoms with van der Waals surface area (Å²) in [6.07, 6.45) is 3.71. The molecule has 5 heterocycles. The summed E-state index contributed by atoms with van der Waals surface area (Å²) in [6, 6.07) is 5.49. The standard InChI is InChI=1S/C20H19N7O4S/c28-15(21-8-12-3-4-13-14(7-12)31-11-30-13)9-27-20(29)26-10-22-17-16(18(26)24-27)32-19(23-17)25-5-1-2-6-25/h3-4,7,10H,1-2,5-6,8-9,11H2,(H,21,28). The molecule has 2 aliphatic rings. The molecular formula is C20H19N7O4S. The van der Waals surface area contributed by atoms with Crippen LogP contribution in [0.3, 0.4) is 0 Å². The van der Waals surface area contributed by atoms with Crippen LogP contribution < -0.4 is 25.4 Å². The number of anilines is 1. The average molecular weight is 453 g/mol. The zero-order valence-electron chi connectivity index (χ0n) is 17.0. The number of rotatable bonds is 5. The molecule has 0 saturated carbocycles. The van der Waals surface area contributed by atoms with Gasteiger partial charge in [-0.3, -0.25) is 4.79 Å². The Morgan fingerprint density at radius 1 is 1.19 bits per heavy atom. The quantitative estimate of drug-likeness (QED) is 0.478. The molecule has 32 heavy (non-hydrogen) atoms. The smallest absolute Gasteiger partial charge is 0.352 e. The van der Waals surface area contributed by atoms with Gasteiger partial charge in [-0.05, 0) is 30.5 Å². The van der Waals surface area contributed by atoms with Crippen LogP contribution >= 0.6 is 11.3 Å². The first-order valence-corrected chi connectivity index (χ1v) is 11.1. The van der Waals surface area contributed by atoms with Crippen LogP contribution in [0.25, 0.3) is 16.0 Å². The van der Waals surface area contributed by atoms with Gasteiger partial charge in [0.15, 0.2) is 27.9 Å². The Hall–Kier alpha value is -3.67. The fourth-order valence-electron chi connectivity index (χ4n) is 3.92. The maximum absolute atomic E-state index is 12.8. The number of ether oxygens (including phenoxy) is 2. The number of carbonyl (C=O) groups excluding carboxylic acids is 1. The minimum absolute atomic E-state index is 0.190. The SMILES string of the molecule is O=C(Cn1nc2c3sc(N4CCCC4)nc3ncn2c1=O)NCc1ccc2c(c1)OCO2. The van der Waals surface area contributed by atoms with E-state index in [9.17, 15) is 9.59 Å². The second-order valence-electron chi connectivity index (χ2n) is 7.69. The molecule has 0 unspecified atom stereocenters. The van der Waals surface area contributed by atoms with Crippen LogP contribution in [-0.2, 0) is 17.9 Å². The van der Waals surface area contributed by atoms with Gasteiger partial charge in [-0.25, -0.2) is 18.9 Å². The molecule has 1 saturated heterocycles. The summed E-state index contributed by atoms with van der Waals surface area (Å²) in [5, 5.41) is 8.11. The number of carbonyl (C=O) groups is 1. The summed E-state index contributed by atoms with van der Waals surface area (Å²) < 4.78 is 13.9. The van der Waals surface area contributed by atoms with Crippen LogP contribution in [0.2, 0.25) is 0 Å². The van der Waals surface area contributed by atoms with E-state index in [1.165, 1.54) is 22.1 Å². The molecule has 0 atom stereocenters. The molecule has 164 valence electrons. The van der Waals surface area contributed by atoms with Gasteiger partial charge >= 0.3 is 5.69 Å². The predicted molar refractivity (Wildman–Crippen MR) is 116 cm³/mol. The molecule has 0 spiro atoms. The molecule has 1 aromatic carbocycles. The maximum atomic E-state index is 12.8. The van der Waals surface area contributed by atoms with E-state index in [-0.39, 0.29) is 19.2 Å². The van der Waals surface area contributed by atoms with Gasteiger partial charge in [0.2, 0.25) is 12.7 Å². The average Bonchev–Trinajstić information content (AvgIpc) is 3.58. The Balaban J connectivity index is 1.22. The fraction of sp³-hybridized carbons (Fsp3) is 0.350. The number of benzene rings is 1. The van der Waals surface area contributed by atoms with Gasteiger partial charge in [-0.15, -0.1) is 5.10 Å². The van der Waals surface area contributed by atoms with Crippen LogP contribution in [-0.4, -0.2) is 49.9 Å². The number of fused-ring (bicyclic) bond motifs is 4. The first-order valence-electron chi connectivity index (χ1n) is 10.3. The van der Waals surface area contributed by atoms with Crippen molar-refractivity contribution in [2.45, 2.75) is 25.9 Å². The normalized spacial score (nSPS) is 15.2. The molecule has 1 N–H and O–H groups in total. The summed E-state index contributed by atoms with van der Waals surface area (Å²) in [6.45, 7) is 2.26. The van der Waals surface area contributed by atoms with Crippen molar-refractivity contribution in [2.24, 2.45) is 0 Å². The molecule has 4 aromatic rings. The highest BCUT2D eigenvalue weighted by atomic mass is 32.1. The van der Waals surface area contributed by atoms with Crippen LogP contribution in [0.1, 0.15) is 18.4 Å². The Morgan fingerprint density at radius 3 is 2.91 bits per heavy atom. The van der Waals surface area contributed by atoms with Gasteiger partial charge in [0.25, 0.3) is 0 Å². The highest BCUT2D eigenvalue weighted by molar-refractivity contribution is 7.22. The molecule has 3 aromatic heterocycles. The Kier molecular flexibility index (Phi) is 4.45. The molecule has 0 aliphatic carbocycles. The van der Waals surface area contributed by atoms with Gasteiger partial charge in [-0.2, -0.15) is 4.98 Å². The van der Waals surface area contributed by atoms with Crippen molar-refractivity contribution in [3.8, 4) is 11.5 Å². The third-order valence-corrected chi connectivity index (χ3v) is 6.67. The van der Waals surface area contributed by atoms with Crippen molar-refractivity contribution in [3.05, 3.63) is 40.6 Å². The lowest BCUT2D eigenvalue weighted by atomic mass is 10.2. The van der Waals surface area contributed by atoms with E-state index in [2.05, 4.69) is 25.3 Å². The summed E-state index contributed by atoms with van der Waals surface area (Å²) in [7, 11) is 0. The van der Waals surface area contributed by atoms with Gasteiger partial charge in [0.05, 0.1) is 0 Å². The van der Waals surface area contributed by atoms with E-state index in [1.54, 1.807) is 6.07 Å². The second-order valence-corrected chi connectivity index (χ2v) is 8.66. The van der Waals surface area contributed by atoms with Crippen molar-refractivity contribution >= 4 is 38.4 Å². The summed E-state index contributed by atoms with van der Waals surface area (Å²) in [5.74, 6) is 1.02. The minimum Gasteiger partial charge on any atom is -0.454 e. The molecule has 12 heteroatoms. The molecular weight excluding hydrogens is 434 g/mol. The number of thiazole rings is 1. The monoisotopic (exact) mass is 453 g/mol. The number of nitrogens with one attached hydrogen (secondary N) is 1. The highest BCUT2D eigenvalue weighted by Crippen LogP contribution is 2.33. The van der Waals surface area contributed by atoms with E-state index < -0.39 is 5.69 Å². The van der Waals surface area contributed by atoms with Crippen LogP contribution in [0.4, 0.5) is 5.13 Å². The number of hydrogen-bond donors (Lipinski definition) is 1. The predicted octanol–water partition coefficient (Wildman–Crippen LogP) is 1.15. The maximum Gasteiger partial charge on any atom is 0.352 e. The van der Waals surface area contributed by atoms with Crippen LogP contribution in [0, 0.1) is 0 Å². The lowest BCUT2D eigenvalue weighted by molar-refractivity contribution is -0.122. The minimum atomic E-state index is -0.413. The Labute approximate surface area is 185 Å². The molecule has 2 aliphatic heterocycles. The number of nitrogens with zero attached hydrogens (tertiary/aromatic N) is 6. The van der Waals surface area contributed by atoms with E-state index >= 15 is 0 Å². The van der Waals surface area contributed by atoms with Crippen molar-refractivity contribution in [2.75, 3.05) is 24.8 Å². The summed E-state index contributed by atoms with van der Waals surface area (Å²) in [4.78, 5) is 36.4. The van der Waals surface area contributed by atoms with E-state index in [0.717, 1.165) is 46.0 Å². The van der Waals surface area contributed by atoms with Crippen LogP contribution in [0.5, 0.6) is 11.5 Å². The van der Waals surface area contributed by atoms with Crippen molar-refractivity contribution in [1.82, 2.24) is 29.5 Å². The lowest BCUT2D eigenvalue weighted by Crippen LogP contribution is -2.32. The van der Waals surface area contributed by atoms with Gasteiger partial charge in [-0.1, -0.05) is 17.4 Å². The number of aromatic nitrogens is 5. The zero-order chi connectivity index (χ0) is 21.7. The third-order valence-electron chi connectivity index (χ3n) is 5.56. The van der Waals surface area contributed by atoms with Gasteiger partial charge < -0.3 is 19.7 Å². The van der Waals surface area contributed by atoms with E-state index in [0.29, 0.717) is 29.3 Å². The Bertz CT molecular complexity index is 1400. The fourth-order valence-corrected chi connectivity index (χ4v) is 4.96. The van der Waals surface area contributed by atoms with Crippen molar-refractivity contribution < 1.29 is 14.3 Å². The second kappa shape index (κ2) is 7.48. The molecule has 1 fully saturated rings. The third kappa shape index (κ3) is 3.23. The van der Waals surface area contributed by atoms with Gasteiger partial charge in [0, 0.05) is 19.6 Å².